The highest BCUT2D eigenvalue weighted by molar-refractivity contribution is 7.98. The Labute approximate surface area is 271 Å². The van der Waals surface area contributed by atoms with Crippen LogP contribution in [-0.4, -0.2) is 61.8 Å². The molecule has 5 aliphatic rings. The third kappa shape index (κ3) is 4.06. The van der Waals surface area contributed by atoms with Crippen LogP contribution in [0.4, 0.5) is 9.18 Å². The number of nitrogens with zero attached hydrogens (tertiary/aromatic N) is 5. The number of aryl methyl sites for hydroxylation is 2. The number of carbonyl (C=O) groups is 2. The number of nitriles is 1. The molecule has 2 amide bonds. The number of halogens is 1. The van der Waals surface area contributed by atoms with E-state index >= 15 is 4.39 Å². The smallest absolute Gasteiger partial charge is 0.407 e. The summed E-state index contributed by atoms with van der Waals surface area (Å²) in [5, 5.41) is 22.3. The molecule has 0 radical (unpaired) electrons. The Hall–Kier alpha value is -4.10. The number of carbonyl (C=O) groups excluding carboxylic acids is 1. The molecule has 4 aromatic rings. The second kappa shape index (κ2) is 10.7. The summed E-state index contributed by atoms with van der Waals surface area (Å²) in [6.45, 7) is 4.68. The highest BCUT2D eigenvalue weighted by Crippen LogP contribution is 2.54. The number of fused-ring (bicyclic) bond motifs is 5. The number of benzene rings is 2. The second-order valence-corrected chi connectivity index (χ2v) is 14.2. The van der Waals surface area contributed by atoms with Crippen molar-refractivity contribution in [3.63, 3.8) is 0 Å². The maximum Gasteiger partial charge on any atom is 0.407 e. The quantitative estimate of drug-likeness (QED) is 0.232. The molecular formula is C36H36FN5O3S. The summed E-state index contributed by atoms with van der Waals surface area (Å²) in [7, 11) is 0. The van der Waals surface area contributed by atoms with E-state index in [1.807, 2.05) is 36.3 Å². The summed E-state index contributed by atoms with van der Waals surface area (Å²) in [5.41, 5.74) is 6.19. The van der Waals surface area contributed by atoms with Crippen molar-refractivity contribution in [3.8, 4) is 17.2 Å². The third-order valence-electron chi connectivity index (χ3n) is 11.1. The fourth-order valence-electron chi connectivity index (χ4n) is 9.14. The molecule has 0 spiro atoms. The zero-order chi connectivity index (χ0) is 32.0. The molecule has 3 saturated heterocycles. The van der Waals surface area contributed by atoms with Crippen LogP contribution in [0.3, 0.4) is 0 Å². The van der Waals surface area contributed by atoms with Crippen molar-refractivity contribution in [2.45, 2.75) is 81.4 Å². The Morgan fingerprint density at radius 3 is 2.70 bits per heavy atom. The van der Waals surface area contributed by atoms with Gasteiger partial charge in [-0.25, -0.2) is 14.2 Å². The van der Waals surface area contributed by atoms with Crippen LogP contribution < -0.4 is 0 Å². The molecule has 236 valence electrons. The van der Waals surface area contributed by atoms with Crippen molar-refractivity contribution in [3.05, 3.63) is 58.5 Å². The Balaban J connectivity index is 1.42. The second-order valence-electron chi connectivity index (χ2n) is 13.4. The lowest BCUT2D eigenvalue weighted by Crippen LogP contribution is -2.43. The summed E-state index contributed by atoms with van der Waals surface area (Å²) >= 11 is 1.47. The SMILES string of the molecule is CSc1nc2c(F)c(-c3cccc4c3C(C#N)CCC4)c(C)cc2c2c1cc([C@H]1CCCN1C(C)=O)n2[C@H]1[C@@H]2C[C@H]1N(C(=O)O)C2. The predicted octanol–water partition coefficient (Wildman–Crippen LogP) is 7.58. The van der Waals surface area contributed by atoms with E-state index in [1.54, 1.807) is 11.8 Å². The van der Waals surface area contributed by atoms with Gasteiger partial charge in [-0.15, -0.1) is 11.8 Å². The number of amides is 2. The maximum atomic E-state index is 17.2. The van der Waals surface area contributed by atoms with Crippen molar-refractivity contribution >= 4 is 45.6 Å². The number of aromatic nitrogens is 2. The topological polar surface area (TPSA) is 102 Å². The van der Waals surface area contributed by atoms with Crippen molar-refractivity contribution in [2.75, 3.05) is 19.3 Å². The zero-order valence-corrected chi connectivity index (χ0v) is 27.0. The molecule has 8 nitrogen and oxygen atoms in total. The van der Waals surface area contributed by atoms with Gasteiger partial charge in [0.05, 0.1) is 35.6 Å². The van der Waals surface area contributed by atoms with Crippen LogP contribution in [0, 0.1) is 30.0 Å². The average molecular weight is 638 g/mol. The molecule has 3 aliphatic heterocycles. The van der Waals surface area contributed by atoms with Crippen molar-refractivity contribution in [2.24, 2.45) is 5.92 Å². The summed E-state index contributed by atoms with van der Waals surface area (Å²) in [5.74, 6) is -0.516. The van der Waals surface area contributed by atoms with Crippen LogP contribution in [-0.2, 0) is 11.2 Å². The lowest BCUT2D eigenvalue weighted by Gasteiger charge is -2.40. The molecule has 2 aliphatic carbocycles. The first-order chi connectivity index (χ1) is 22.2. The first-order valence-corrected chi connectivity index (χ1v) is 17.5. The Kier molecular flexibility index (Phi) is 6.84. The predicted molar refractivity (Wildman–Crippen MR) is 175 cm³/mol. The van der Waals surface area contributed by atoms with Crippen LogP contribution in [0.15, 0.2) is 35.4 Å². The van der Waals surface area contributed by atoms with Crippen molar-refractivity contribution < 1.29 is 19.1 Å². The number of carboxylic acid groups (broad SMARTS) is 1. The molecule has 10 heteroatoms. The van der Waals surface area contributed by atoms with Gasteiger partial charge in [-0.3, -0.25) is 4.79 Å². The van der Waals surface area contributed by atoms with E-state index in [1.165, 1.54) is 11.8 Å². The largest absolute Gasteiger partial charge is 0.465 e. The highest BCUT2D eigenvalue weighted by Gasteiger charge is 2.56. The zero-order valence-electron chi connectivity index (χ0n) is 26.2. The Morgan fingerprint density at radius 2 is 1.98 bits per heavy atom. The Morgan fingerprint density at radius 1 is 1.15 bits per heavy atom. The molecule has 5 heterocycles. The lowest BCUT2D eigenvalue weighted by atomic mass is 9.78. The normalized spacial score (nSPS) is 25.2. The van der Waals surface area contributed by atoms with E-state index in [0.29, 0.717) is 29.1 Å². The van der Waals surface area contributed by atoms with Gasteiger partial charge in [0.25, 0.3) is 0 Å². The Bertz CT molecular complexity index is 2020. The van der Waals surface area contributed by atoms with Crippen LogP contribution in [0.5, 0.6) is 0 Å². The van der Waals surface area contributed by atoms with Gasteiger partial charge in [-0.2, -0.15) is 5.26 Å². The number of rotatable bonds is 4. The molecule has 5 atom stereocenters. The van der Waals surface area contributed by atoms with E-state index < -0.39 is 11.9 Å². The number of likely N-dealkylation sites (tertiary alicyclic amines) is 1. The minimum absolute atomic E-state index is 0.0181. The molecule has 2 bridgehead atoms. The van der Waals surface area contributed by atoms with Crippen LogP contribution >= 0.6 is 11.8 Å². The number of pyridine rings is 1. The average Bonchev–Trinajstić information content (AvgIpc) is 3.83. The summed E-state index contributed by atoms with van der Waals surface area (Å²) in [6.07, 6.45) is 6.11. The van der Waals surface area contributed by atoms with E-state index in [0.717, 1.165) is 77.4 Å². The minimum atomic E-state index is -0.913. The van der Waals surface area contributed by atoms with Crippen LogP contribution in [0.1, 0.15) is 79.4 Å². The van der Waals surface area contributed by atoms with Crippen LogP contribution in [0.25, 0.3) is 32.9 Å². The number of thioether (sulfide) groups is 1. The van der Waals surface area contributed by atoms with E-state index in [-0.39, 0.29) is 41.4 Å². The molecule has 2 aromatic carbocycles. The van der Waals surface area contributed by atoms with Gasteiger partial charge in [0.1, 0.15) is 10.5 Å². The molecular weight excluding hydrogens is 601 g/mol. The monoisotopic (exact) mass is 637 g/mol. The van der Waals surface area contributed by atoms with Gasteiger partial charge in [0.15, 0.2) is 5.82 Å². The minimum Gasteiger partial charge on any atom is -0.465 e. The molecule has 46 heavy (non-hydrogen) atoms. The molecule has 4 fully saturated rings. The van der Waals surface area contributed by atoms with Gasteiger partial charge in [0, 0.05) is 48.0 Å². The molecule has 9 rings (SSSR count). The number of hydrogen-bond acceptors (Lipinski definition) is 5. The lowest BCUT2D eigenvalue weighted by molar-refractivity contribution is -0.129. The van der Waals surface area contributed by atoms with Gasteiger partial charge in [-0.05, 0) is 86.1 Å². The molecule has 1 unspecified atom stereocenters. The highest BCUT2D eigenvalue weighted by atomic mass is 32.2. The van der Waals surface area contributed by atoms with Gasteiger partial charge >= 0.3 is 6.09 Å². The fraction of sp³-hybridized carbons (Fsp3) is 0.444. The molecule has 1 saturated carbocycles. The fourth-order valence-corrected chi connectivity index (χ4v) is 9.70. The van der Waals surface area contributed by atoms with E-state index in [9.17, 15) is 20.0 Å². The summed E-state index contributed by atoms with van der Waals surface area (Å²) < 4.78 is 19.5. The van der Waals surface area contributed by atoms with E-state index in [2.05, 4.69) is 22.8 Å². The summed E-state index contributed by atoms with van der Waals surface area (Å²) in [4.78, 5) is 33.4. The van der Waals surface area contributed by atoms with Crippen molar-refractivity contribution in [1.29, 1.82) is 5.26 Å². The first-order valence-electron chi connectivity index (χ1n) is 16.2. The van der Waals surface area contributed by atoms with Crippen molar-refractivity contribution in [1.82, 2.24) is 19.4 Å². The first kappa shape index (κ1) is 29.3. The van der Waals surface area contributed by atoms with Gasteiger partial charge < -0.3 is 19.5 Å². The molecule has 2 aromatic heterocycles. The third-order valence-corrected chi connectivity index (χ3v) is 11.8. The van der Waals surface area contributed by atoms with Crippen LogP contribution in [0.2, 0.25) is 0 Å². The van der Waals surface area contributed by atoms with E-state index in [4.69, 9.17) is 4.98 Å². The van der Waals surface area contributed by atoms with Gasteiger partial charge in [0.2, 0.25) is 5.91 Å². The molecule has 1 N–H and O–H groups in total. The summed E-state index contributed by atoms with van der Waals surface area (Å²) in [6, 6.07) is 12.2. The standard InChI is InChI=1S/C36H36FN5O3S/c1-18-13-24-32(31(37)29(18)23-10-5-8-20-7-4-9-21(16-38)30(20)23)39-35(46-3)25-15-27(26-11-6-12-40(26)19(2)43)42(34(24)25)33-22-14-28(33)41(17-22)36(44)45/h5,8,10,13,15,21-22,26,28,33H,4,6-7,9,11-12,14,17H2,1-3H3,(H,44,45)/t21?,22-,26-,28-,33+/m1/s1. The maximum absolute atomic E-state index is 17.2. The number of hydrogen-bond donors (Lipinski definition) is 1. The van der Waals surface area contributed by atoms with Gasteiger partial charge in [-0.1, -0.05) is 18.2 Å².